The predicted molar refractivity (Wildman–Crippen MR) is 88.3 cm³/mol. The molecule has 7 heteroatoms. The average molecular weight is 329 g/mol. The summed E-state index contributed by atoms with van der Waals surface area (Å²) in [5, 5.41) is 7.74. The number of para-hydroxylation sites is 1. The lowest BCUT2D eigenvalue weighted by Gasteiger charge is -2.20. The van der Waals surface area contributed by atoms with Gasteiger partial charge in [0.25, 0.3) is 0 Å². The van der Waals surface area contributed by atoms with Crippen molar-refractivity contribution in [2.24, 2.45) is 0 Å². The van der Waals surface area contributed by atoms with Gasteiger partial charge in [-0.3, -0.25) is 0 Å². The van der Waals surface area contributed by atoms with Crippen LogP contribution in [-0.4, -0.2) is 33.7 Å². The Balaban J connectivity index is 1.55. The summed E-state index contributed by atoms with van der Waals surface area (Å²) in [6.45, 7) is 3.04. The van der Waals surface area contributed by atoms with Gasteiger partial charge in [-0.05, 0) is 31.5 Å². The standard InChI is InChI=1S/C17H17F2N5/c1-11-9-15-17(20-6-8-24(15)22-11)21-12-5-7-23(10-12)16-13(18)3-2-4-14(16)19/h2-4,6,8-9,12H,5,7,10H2,1H3,(H,20,21). The Kier molecular flexibility index (Phi) is 3.55. The summed E-state index contributed by atoms with van der Waals surface area (Å²) < 4.78 is 29.7. The first kappa shape index (κ1) is 14.9. The predicted octanol–water partition coefficient (Wildman–Crippen LogP) is 3.01. The van der Waals surface area contributed by atoms with Crippen LogP contribution in [0.4, 0.5) is 20.3 Å². The smallest absolute Gasteiger partial charge is 0.152 e. The van der Waals surface area contributed by atoms with Gasteiger partial charge in [0.05, 0.1) is 5.69 Å². The largest absolute Gasteiger partial charge is 0.365 e. The molecule has 1 fully saturated rings. The molecule has 0 amide bonds. The first-order valence-corrected chi connectivity index (χ1v) is 7.88. The molecule has 24 heavy (non-hydrogen) atoms. The highest BCUT2D eigenvalue weighted by Crippen LogP contribution is 2.28. The third kappa shape index (κ3) is 2.55. The first-order valence-electron chi connectivity index (χ1n) is 7.88. The molecule has 0 bridgehead atoms. The maximum absolute atomic E-state index is 13.9. The first-order chi connectivity index (χ1) is 11.6. The lowest BCUT2D eigenvalue weighted by molar-refractivity contribution is 0.577. The number of nitrogens with one attached hydrogen (secondary N) is 1. The van der Waals surface area contributed by atoms with E-state index in [9.17, 15) is 8.78 Å². The fourth-order valence-corrected chi connectivity index (χ4v) is 3.22. The minimum Gasteiger partial charge on any atom is -0.365 e. The van der Waals surface area contributed by atoms with Gasteiger partial charge >= 0.3 is 0 Å². The van der Waals surface area contributed by atoms with Gasteiger partial charge in [0.2, 0.25) is 0 Å². The number of benzene rings is 1. The molecule has 0 radical (unpaired) electrons. The molecule has 1 aliphatic heterocycles. The molecule has 0 saturated carbocycles. The van der Waals surface area contributed by atoms with E-state index in [1.165, 1.54) is 18.2 Å². The topological polar surface area (TPSA) is 45.5 Å². The Morgan fingerprint density at radius 1 is 1.25 bits per heavy atom. The van der Waals surface area contributed by atoms with Gasteiger partial charge in [0.1, 0.15) is 22.8 Å². The summed E-state index contributed by atoms with van der Waals surface area (Å²) >= 11 is 0. The minimum atomic E-state index is -0.526. The molecule has 4 rings (SSSR count). The highest BCUT2D eigenvalue weighted by Gasteiger charge is 2.27. The third-order valence-electron chi connectivity index (χ3n) is 4.29. The second kappa shape index (κ2) is 5.74. The van der Waals surface area contributed by atoms with Crippen LogP contribution in [0.3, 0.4) is 0 Å². The molecular weight excluding hydrogens is 312 g/mol. The van der Waals surface area contributed by atoms with Crippen LogP contribution < -0.4 is 10.2 Å². The summed E-state index contributed by atoms with van der Waals surface area (Å²) in [7, 11) is 0. The molecule has 1 atom stereocenters. The van der Waals surface area contributed by atoms with Gasteiger partial charge in [0, 0.05) is 31.5 Å². The Bertz CT molecular complexity index is 872. The van der Waals surface area contributed by atoms with Gasteiger partial charge in [-0.15, -0.1) is 0 Å². The lowest BCUT2D eigenvalue weighted by Crippen LogP contribution is -2.27. The van der Waals surface area contributed by atoms with Gasteiger partial charge in [0.15, 0.2) is 5.82 Å². The number of anilines is 2. The summed E-state index contributed by atoms with van der Waals surface area (Å²) in [5.41, 5.74) is 1.85. The molecule has 0 spiro atoms. The van der Waals surface area contributed by atoms with Crippen LogP contribution in [0.25, 0.3) is 5.52 Å². The van der Waals surface area contributed by atoms with Crippen LogP contribution >= 0.6 is 0 Å². The van der Waals surface area contributed by atoms with Crippen LogP contribution in [0.15, 0.2) is 36.7 Å². The quantitative estimate of drug-likeness (QED) is 0.802. The van der Waals surface area contributed by atoms with E-state index in [-0.39, 0.29) is 11.7 Å². The number of hydrogen-bond donors (Lipinski definition) is 1. The molecule has 1 aliphatic rings. The molecule has 3 aromatic rings. The Morgan fingerprint density at radius 3 is 2.83 bits per heavy atom. The van der Waals surface area contributed by atoms with Crippen LogP contribution in [-0.2, 0) is 0 Å². The lowest BCUT2D eigenvalue weighted by atomic mass is 10.2. The van der Waals surface area contributed by atoms with Crippen LogP contribution in [0.2, 0.25) is 0 Å². The highest BCUT2D eigenvalue weighted by molar-refractivity contribution is 5.68. The van der Waals surface area contributed by atoms with E-state index in [0.29, 0.717) is 13.1 Å². The fraction of sp³-hybridized carbons (Fsp3) is 0.294. The molecule has 2 aromatic heterocycles. The molecule has 0 aliphatic carbocycles. The zero-order valence-corrected chi connectivity index (χ0v) is 13.2. The third-order valence-corrected chi connectivity index (χ3v) is 4.29. The summed E-state index contributed by atoms with van der Waals surface area (Å²) in [5.74, 6) is -0.316. The molecule has 3 heterocycles. The van der Waals surface area contributed by atoms with Crippen molar-refractivity contribution in [2.45, 2.75) is 19.4 Å². The van der Waals surface area contributed by atoms with Crippen molar-refractivity contribution in [1.82, 2.24) is 14.6 Å². The second-order valence-corrected chi connectivity index (χ2v) is 6.04. The van der Waals surface area contributed by atoms with E-state index in [4.69, 9.17) is 0 Å². The van der Waals surface area contributed by atoms with E-state index in [1.807, 2.05) is 13.0 Å². The van der Waals surface area contributed by atoms with Gasteiger partial charge < -0.3 is 10.2 Å². The van der Waals surface area contributed by atoms with Crippen molar-refractivity contribution in [2.75, 3.05) is 23.3 Å². The van der Waals surface area contributed by atoms with Crippen molar-refractivity contribution in [3.63, 3.8) is 0 Å². The Labute approximate surface area is 137 Å². The van der Waals surface area contributed by atoms with E-state index in [1.54, 1.807) is 21.8 Å². The van der Waals surface area contributed by atoms with Gasteiger partial charge in [-0.1, -0.05) is 6.07 Å². The van der Waals surface area contributed by atoms with Crippen LogP contribution in [0.1, 0.15) is 12.1 Å². The average Bonchev–Trinajstić information content (AvgIpc) is 3.14. The maximum atomic E-state index is 13.9. The normalized spacial score (nSPS) is 17.6. The van der Waals surface area contributed by atoms with Crippen molar-refractivity contribution in [1.29, 1.82) is 0 Å². The van der Waals surface area contributed by atoms with E-state index < -0.39 is 11.6 Å². The van der Waals surface area contributed by atoms with E-state index >= 15 is 0 Å². The molecule has 1 unspecified atom stereocenters. The number of aryl methyl sites for hydroxylation is 1. The molecule has 124 valence electrons. The number of fused-ring (bicyclic) bond motifs is 1. The number of rotatable bonds is 3. The second-order valence-electron chi connectivity index (χ2n) is 6.04. The van der Waals surface area contributed by atoms with Crippen LogP contribution in [0, 0.1) is 18.6 Å². The Hall–Kier alpha value is -2.70. The number of nitrogens with zero attached hydrogens (tertiary/aromatic N) is 4. The zero-order valence-electron chi connectivity index (χ0n) is 13.2. The molecule has 1 aromatic carbocycles. The number of halogens is 2. The summed E-state index contributed by atoms with van der Waals surface area (Å²) in [6.07, 6.45) is 4.26. The van der Waals surface area contributed by atoms with E-state index in [2.05, 4.69) is 15.4 Å². The fourth-order valence-electron chi connectivity index (χ4n) is 3.22. The summed E-state index contributed by atoms with van der Waals surface area (Å²) in [4.78, 5) is 6.12. The zero-order chi connectivity index (χ0) is 16.7. The maximum Gasteiger partial charge on any atom is 0.152 e. The van der Waals surface area contributed by atoms with Crippen molar-refractivity contribution >= 4 is 17.0 Å². The molecule has 1 saturated heterocycles. The number of aromatic nitrogens is 3. The molecule has 5 nitrogen and oxygen atoms in total. The molecule has 1 N–H and O–H groups in total. The van der Waals surface area contributed by atoms with Gasteiger partial charge in [-0.25, -0.2) is 18.3 Å². The van der Waals surface area contributed by atoms with Crippen molar-refractivity contribution < 1.29 is 8.78 Å². The monoisotopic (exact) mass is 329 g/mol. The SMILES string of the molecule is Cc1cc2c(NC3CCN(c4c(F)cccc4F)C3)nccn2n1. The highest BCUT2D eigenvalue weighted by atomic mass is 19.1. The van der Waals surface area contributed by atoms with Crippen molar-refractivity contribution in [3.8, 4) is 0 Å². The summed E-state index contributed by atoms with van der Waals surface area (Å²) in [6, 6.07) is 5.98. The minimum absolute atomic E-state index is 0.0492. The molecular formula is C17H17F2N5. The number of hydrogen-bond acceptors (Lipinski definition) is 4. The van der Waals surface area contributed by atoms with E-state index in [0.717, 1.165) is 23.4 Å². The van der Waals surface area contributed by atoms with Crippen LogP contribution in [0.5, 0.6) is 0 Å². The van der Waals surface area contributed by atoms with Gasteiger partial charge in [-0.2, -0.15) is 5.10 Å². The Morgan fingerprint density at radius 2 is 2.04 bits per heavy atom. The van der Waals surface area contributed by atoms with Crippen molar-refractivity contribution in [3.05, 3.63) is 54.0 Å².